The zero-order valence-electron chi connectivity index (χ0n) is 19.4. The van der Waals surface area contributed by atoms with Crippen LogP contribution in [0.25, 0.3) is 0 Å². The van der Waals surface area contributed by atoms with Gasteiger partial charge in [-0.15, -0.1) is 0 Å². The molecule has 1 aliphatic carbocycles. The monoisotopic (exact) mass is 531 g/mol. The van der Waals surface area contributed by atoms with Crippen LogP contribution in [-0.4, -0.2) is 29.8 Å². The van der Waals surface area contributed by atoms with E-state index in [0.29, 0.717) is 17.3 Å². The third-order valence-electron chi connectivity index (χ3n) is 6.61. The normalized spacial score (nSPS) is 19.1. The number of halogens is 5. The summed E-state index contributed by atoms with van der Waals surface area (Å²) in [4.78, 5) is 28.7. The molecule has 1 unspecified atom stereocenters. The zero-order valence-corrected chi connectivity index (χ0v) is 20.1. The fourth-order valence-corrected chi connectivity index (χ4v) is 5.20. The minimum atomic E-state index is -2.83. The molecule has 3 aromatic rings. The van der Waals surface area contributed by atoms with Gasteiger partial charge in [0.1, 0.15) is 23.7 Å². The number of hydrogen-bond donors (Lipinski definition) is 2. The molecule has 0 spiro atoms. The summed E-state index contributed by atoms with van der Waals surface area (Å²) in [7, 11) is 0. The molecule has 2 aliphatic rings. The van der Waals surface area contributed by atoms with E-state index in [9.17, 15) is 27.2 Å². The number of anilines is 2. The highest BCUT2D eigenvalue weighted by Gasteiger charge is 2.48. The topological polar surface area (TPSA) is 61.4 Å². The highest BCUT2D eigenvalue weighted by atomic mass is 35.5. The number of hydrogen-bond acceptors (Lipinski definition) is 3. The molecule has 0 saturated heterocycles. The maximum absolute atomic E-state index is 13.7. The van der Waals surface area contributed by atoms with E-state index in [1.165, 1.54) is 0 Å². The predicted molar refractivity (Wildman–Crippen MR) is 132 cm³/mol. The molecule has 1 fully saturated rings. The Morgan fingerprint density at radius 1 is 0.973 bits per heavy atom. The van der Waals surface area contributed by atoms with Crippen molar-refractivity contribution < 1.29 is 27.2 Å². The third kappa shape index (κ3) is 5.13. The van der Waals surface area contributed by atoms with Crippen LogP contribution in [0.4, 0.5) is 28.9 Å². The summed E-state index contributed by atoms with van der Waals surface area (Å²) in [5, 5.41) is 5.48. The van der Waals surface area contributed by atoms with Gasteiger partial charge < -0.3 is 15.5 Å². The number of fused-ring (bicyclic) bond motifs is 1. The van der Waals surface area contributed by atoms with E-state index in [1.807, 2.05) is 6.07 Å². The van der Waals surface area contributed by atoms with Crippen molar-refractivity contribution in [2.45, 2.75) is 43.3 Å². The lowest BCUT2D eigenvalue weighted by molar-refractivity contribution is -0.130. The standard InChI is InChI=1S/C27H22ClF4N3O2/c28-21-7-3-2-6-20(21)24(26(37)34-19-13-27(31,32)14-19)35-22-8-4-1-5-15(22)9-23(35)25(36)33-18-11-16(29)10-17(30)12-18/h1-8,10-12,19,23-24H,9,13-14H2,(H,33,36)(H,34,37)/t23?,24-/m0/s1. The van der Waals surface area contributed by atoms with Crippen LogP contribution in [0.5, 0.6) is 0 Å². The van der Waals surface area contributed by atoms with E-state index < -0.39 is 60.3 Å². The first kappa shape index (κ1) is 25.1. The van der Waals surface area contributed by atoms with Crippen molar-refractivity contribution in [3.63, 3.8) is 0 Å². The molecule has 1 saturated carbocycles. The van der Waals surface area contributed by atoms with E-state index in [0.717, 1.165) is 17.7 Å². The molecule has 5 nitrogen and oxygen atoms in total. The van der Waals surface area contributed by atoms with Crippen molar-refractivity contribution in [1.29, 1.82) is 0 Å². The van der Waals surface area contributed by atoms with Gasteiger partial charge in [-0.1, -0.05) is 48.0 Å². The molecule has 1 aliphatic heterocycles. The van der Waals surface area contributed by atoms with Crippen LogP contribution in [0, 0.1) is 11.6 Å². The number of carbonyl (C=O) groups is 2. The first-order valence-corrected chi connectivity index (χ1v) is 12.0. The van der Waals surface area contributed by atoms with Gasteiger partial charge in [-0.05, 0) is 29.8 Å². The lowest BCUT2D eigenvalue weighted by Gasteiger charge is -2.39. The number of para-hydroxylation sites is 1. The number of alkyl halides is 2. The number of rotatable bonds is 6. The van der Waals surface area contributed by atoms with Crippen molar-refractivity contribution in [2.75, 3.05) is 10.2 Å². The van der Waals surface area contributed by atoms with Gasteiger partial charge in [0.15, 0.2) is 0 Å². The number of carbonyl (C=O) groups excluding carboxylic acids is 2. The predicted octanol–water partition coefficient (Wildman–Crippen LogP) is 5.64. The third-order valence-corrected chi connectivity index (χ3v) is 6.96. The molecule has 0 bridgehead atoms. The summed E-state index contributed by atoms with van der Waals surface area (Å²) in [6, 6.07) is 13.6. The summed E-state index contributed by atoms with van der Waals surface area (Å²) in [6.07, 6.45) is -0.741. The maximum atomic E-state index is 13.7. The average molecular weight is 532 g/mol. The van der Waals surface area contributed by atoms with Gasteiger partial charge in [0, 0.05) is 53.3 Å². The lowest BCUT2D eigenvalue weighted by atomic mass is 9.87. The Bertz CT molecular complexity index is 1340. The molecule has 10 heteroatoms. The number of amides is 2. The Labute approximate surface area is 215 Å². The quantitative estimate of drug-likeness (QED) is 0.405. The SMILES string of the molecule is O=C(Nc1cc(F)cc(F)c1)C1Cc2ccccc2N1[C@H](C(=O)NC1CC(F)(F)C1)c1ccccc1Cl. The van der Waals surface area contributed by atoms with E-state index in [1.54, 1.807) is 47.4 Å². The Kier molecular flexibility index (Phi) is 6.58. The zero-order chi connectivity index (χ0) is 26.3. The van der Waals surface area contributed by atoms with Gasteiger partial charge >= 0.3 is 0 Å². The van der Waals surface area contributed by atoms with Crippen LogP contribution < -0.4 is 15.5 Å². The summed E-state index contributed by atoms with van der Waals surface area (Å²) in [6.45, 7) is 0. The minimum absolute atomic E-state index is 0.0751. The van der Waals surface area contributed by atoms with E-state index in [2.05, 4.69) is 10.6 Å². The molecular weight excluding hydrogens is 510 g/mol. The Morgan fingerprint density at radius 2 is 1.62 bits per heavy atom. The summed E-state index contributed by atoms with van der Waals surface area (Å²) >= 11 is 6.48. The second-order valence-electron chi connectivity index (χ2n) is 9.30. The molecular formula is C27H22ClF4N3O2. The van der Waals surface area contributed by atoms with Crippen molar-refractivity contribution in [3.8, 4) is 0 Å². The van der Waals surface area contributed by atoms with Gasteiger partial charge in [0.25, 0.3) is 5.92 Å². The van der Waals surface area contributed by atoms with Gasteiger partial charge in [-0.2, -0.15) is 0 Å². The molecule has 1 heterocycles. The molecule has 2 N–H and O–H groups in total. The van der Waals surface area contributed by atoms with Crippen molar-refractivity contribution in [3.05, 3.63) is 94.5 Å². The van der Waals surface area contributed by atoms with Crippen molar-refractivity contribution in [1.82, 2.24) is 5.32 Å². The molecule has 2 amide bonds. The molecule has 0 aromatic heterocycles. The lowest BCUT2D eigenvalue weighted by Crippen LogP contribution is -2.55. The van der Waals surface area contributed by atoms with Crippen LogP contribution in [0.2, 0.25) is 5.02 Å². The molecule has 192 valence electrons. The molecule has 5 rings (SSSR count). The second kappa shape index (κ2) is 9.70. The van der Waals surface area contributed by atoms with Crippen LogP contribution in [0.3, 0.4) is 0 Å². The Hall–Kier alpha value is -3.59. The van der Waals surface area contributed by atoms with Crippen LogP contribution in [0.15, 0.2) is 66.7 Å². The maximum Gasteiger partial charge on any atom is 0.252 e. The summed E-state index contributed by atoms with van der Waals surface area (Å²) < 4.78 is 54.4. The van der Waals surface area contributed by atoms with Crippen LogP contribution in [-0.2, 0) is 16.0 Å². The highest BCUT2D eigenvalue weighted by Crippen LogP contribution is 2.42. The molecule has 2 atom stereocenters. The average Bonchev–Trinajstić information content (AvgIpc) is 3.18. The van der Waals surface area contributed by atoms with Gasteiger partial charge in [-0.3, -0.25) is 9.59 Å². The fraction of sp³-hybridized carbons (Fsp3) is 0.259. The van der Waals surface area contributed by atoms with Gasteiger partial charge in [0.2, 0.25) is 11.8 Å². The van der Waals surface area contributed by atoms with Gasteiger partial charge in [-0.25, -0.2) is 17.6 Å². The van der Waals surface area contributed by atoms with E-state index in [-0.39, 0.29) is 17.1 Å². The number of nitrogens with zero attached hydrogens (tertiary/aromatic N) is 1. The molecule has 37 heavy (non-hydrogen) atoms. The molecule has 3 aromatic carbocycles. The largest absolute Gasteiger partial charge is 0.351 e. The summed E-state index contributed by atoms with van der Waals surface area (Å²) in [5.74, 6) is -5.72. The molecule has 0 radical (unpaired) electrons. The number of nitrogens with one attached hydrogen (secondary N) is 2. The van der Waals surface area contributed by atoms with E-state index >= 15 is 0 Å². The fourth-order valence-electron chi connectivity index (χ4n) is 4.96. The van der Waals surface area contributed by atoms with Crippen molar-refractivity contribution >= 4 is 34.8 Å². The number of benzene rings is 3. The van der Waals surface area contributed by atoms with Gasteiger partial charge in [0.05, 0.1) is 0 Å². The Balaban J connectivity index is 1.53. The van der Waals surface area contributed by atoms with E-state index in [4.69, 9.17) is 11.6 Å². The highest BCUT2D eigenvalue weighted by molar-refractivity contribution is 6.31. The minimum Gasteiger partial charge on any atom is -0.351 e. The second-order valence-corrected chi connectivity index (χ2v) is 9.70. The first-order chi connectivity index (χ1) is 17.6. The van der Waals surface area contributed by atoms with Crippen molar-refractivity contribution in [2.24, 2.45) is 0 Å². The smallest absolute Gasteiger partial charge is 0.252 e. The Morgan fingerprint density at radius 3 is 2.30 bits per heavy atom. The first-order valence-electron chi connectivity index (χ1n) is 11.7. The van der Waals surface area contributed by atoms with Crippen LogP contribution in [0.1, 0.15) is 30.0 Å². The summed E-state index contributed by atoms with van der Waals surface area (Å²) in [5.41, 5.74) is 1.67. The van der Waals surface area contributed by atoms with Crippen LogP contribution >= 0.6 is 11.6 Å².